The summed E-state index contributed by atoms with van der Waals surface area (Å²) in [5, 5.41) is 2.89. The Morgan fingerprint density at radius 1 is 1.29 bits per heavy atom. The first-order valence-electron chi connectivity index (χ1n) is 7.85. The minimum absolute atomic E-state index is 0. The van der Waals surface area contributed by atoms with Gasteiger partial charge in [-0.1, -0.05) is 13.8 Å². The number of carbonyl (C=O) groups is 2. The van der Waals surface area contributed by atoms with Gasteiger partial charge in [-0.3, -0.25) is 26.8 Å². The molecule has 2 unspecified atom stereocenters. The summed E-state index contributed by atoms with van der Waals surface area (Å²) < 4.78 is 5.43. The molecule has 1 N–H and O–H groups in total. The number of ether oxygens (including phenoxy) is 1. The third-order valence-corrected chi connectivity index (χ3v) is 4.43. The van der Waals surface area contributed by atoms with Gasteiger partial charge in [0, 0.05) is 60.4 Å². The Labute approximate surface area is 184 Å². The number of ketones is 1. The average Bonchev–Trinajstić information content (AvgIpc) is 2.73. The fourth-order valence-corrected chi connectivity index (χ4v) is 3.29. The van der Waals surface area contributed by atoms with E-state index in [9.17, 15) is 9.59 Å². The van der Waals surface area contributed by atoms with E-state index in [4.69, 9.17) is 4.74 Å². The molecule has 129 valence electrons. The Morgan fingerprint density at radius 3 is 2.50 bits per heavy atom. The number of carbonyl (C=O) groups excluding carboxylic acids is 2. The van der Waals surface area contributed by atoms with Crippen molar-refractivity contribution < 1.29 is 68.1 Å². The van der Waals surface area contributed by atoms with Crippen LogP contribution in [-0.4, -0.2) is 30.4 Å². The van der Waals surface area contributed by atoms with Crippen molar-refractivity contribution in [2.24, 2.45) is 0 Å². The number of nitrogens with one attached hydrogen (secondary N) is 1. The van der Waals surface area contributed by atoms with Crippen LogP contribution in [0.2, 0.25) is 0 Å². The van der Waals surface area contributed by atoms with E-state index in [1.54, 1.807) is 19.1 Å². The third kappa shape index (κ3) is 3.92. The molecule has 6 heteroatoms. The molecule has 24 heavy (non-hydrogen) atoms. The molecule has 1 aromatic rings. The molecule has 0 bridgehead atoms. The molecule has 0 aromatic heterocycles. The Balaban J connectivity index is 0.00000128. The predicted octanol–water partition coefficient (Wildman–Crippen LogP) is 2.12. The zero-order valence-corrected chi connectivity index (χ0v) is 20.5. The molecule has 2 atom stereocenters. The van der Waals surface area contributed by atoms with Gasteiger partial charge in [-0.05, 0) is 19.8 Å². The van der Waals surface area contributed by atoms with Crippen molar-refractivity contribution in [3.8, 4) is 0 Å². The van der Waals surface area contributed by atoms with E-state index < -0.39 is 11.0 Å². The summed E-state index contributed by atoms with van der Waals surface area (Å²) >= 11 is 0. The SMILES string of the molecule is CC.Cc1c[c-]c[c-]c1C1(C)C(=O)NC2(CCCOC2)C1=O.[W].[Y]. The van der Waals surface area contributed by atoms with Crippen LogP contribution in [0.25, 0.3) is 0 Å². The van der Waals surface area contributed by atoms with Crippen LogP contribution >= 0.6 is 0 Å². The molecule has 0 aliphatic carbocycles. The average molecular weight is 574 g/mol. The predicted molar refractivity (Wildman–Crippen MR) is 83.5 cm³/mol. The van der Waals surface area contributed by atoms with Crippen molar-refractivity contribution in [1.82, 2.24) is 5.32 Å². The van der Waals surface area contributed by atoms with Crippen LogP contribution in [0.5, 0.6) is 0 Å². The second kappa shape index (κ2) is 9.71. The molecule has 1 spiro atoms. The zero-order valence-electron chi connectivity index (χ0n) is 14.7. The van der Waals surface area contributed by atoms with Gasteiger partial charge in [0.25, 0.3) is 0 Å². The number of hydrogen-bond donors (Lipinski definition) is 1. The van der Waals surface area contributed by atoms with E-state index in [1.165, 1.54) is 0 Å². The monoisotopic (exact) mass is 574 g/mol. The van der Waals surface area contributed by atoms with Gasteiger partial charge in [0.1, 0.15) is 5.54 Å². The first-order chi connectivity index (χ1) is 10.5. The maximum atomic E-state index is 13.0. The molecule has 2 aliphatic rings. The molecular formula is C18H23NO3WY-2. The summed E-state index contributed by atoms with van der Waals surface area (Å²) in [6, 6.07) is 9.34. The van der Waals surface area contributed by atoms with Crippen molar-refractivity contribution in [2.75, 3.05) is 13.2 Å². The number of amides is 1. The Bertz CT molecular complexity index is 587. The van der Waals surface area contributed by atoms with Gasteiger partial charge in [0.15, 0.2) is 5.78 Å². The molecule has 2 aliphatic heterocycles. The molecule has 0 saturated carbocycles. The van der Waals surface area contributed by atoms with Crippen molar-refractivity contribution in [1.29, 1.82) is 0 Å². The van der Waals surface area contributed by atoms with Gasteiger partial charge in [-0.15, -0.1) is 6.92 Å². The summed E-state index contributed by atoms with van der Waals surface area (Å²) in [5.41, 5.74) is -0.544. The Kier molecular flexibility index (Phi) is 9.76. The van der Waals surface area contributed by atoms with Gasteiger partial charge in [0.05, 0.1) is 12.0 Å². The van der Waals surface area contributed by atoms with Gasteiger partial charge in [-0.2, -0.15) is 0 Å². The quantitative estimate of drug-likeness (QED) is 0.414. The van der Waals surface area contributed by atoms with Gasteiger partial charge in [0.2, 0.25) is 5.91 Å². The van der Waals surface area contributed by atoms with Crippen LogP contribution in [0.15, 0.2) is 12.1 Å². The topological polar surface area (TPSA) is 55.4 Å². The molecular weight excluding hydrogens is 551 g/mol. The molecule has 1 amide bonds. The van der Waals surface area contributed by atoms with Gasteiger partial charge >= 0.3 is 0 Å². The van der Waals surface area contributed by atoms with E-state index in [2.05, 4.69) is 17.4 Å². The molecule has 1 radical (unpaired) electrons. The molecule has 2 saturated heterocycles. The van der Waals surface area contributed by atoms with Crippen molar-refractivity contribution in [2.45, 2.75) is 51.5 Å². The van der Waals surface area contributed by atoms with E-state index in [0.29, 0.717) is 18.6 Å². The fraction of sp³-hybridized carbons (Fsp3) is 0.556. The molecule has 4 nitrogen and oxygen atoms in total. The van der Waals surface area contributed by atoms with Crippen LogP contribution in [0.3, 0.4) is 0 Å². The minimum atomic E-state index is -1.18. The van der Waals surface area contributed by atoms with E-state index in [-0.39, 0.29) is 72.1 Å². The number of Topliss-reactive ketones (excluding diaryl/α,β-unsaturated/α-hetero) is 1. The van der Waals surface area contributed by atoms with Crippen molar-refractivity contribution in [3.05, 3.63) is 35.4 Å². The maximum Gasteiger partial charge on any atom is 0.234 e. The van der Waals surface area contributed by atoms with Crippen LogP contribution < -0.4 is 5.32 Å². The number of rotatable bonds is 1. The molecule has 1 aromatic carbocycles. The van der Waals surface area contributed by atoms with Gasteiger partial charge in [-0.25, -0.2) is 0 Å². The van der Waals surface area contributed by atoms with E-state index in [0.717, 1.165) is 12.0 Å². The zero-order chi connectivity index (χ0) is 16.4. The van der Waals surface area contributed by atoms with E-state index in [1.807, 2.05) is 20.8 Å². The van der Waals surface area contributed by atoms with Crippen molar-refractivity contribution >= 4 is 11.7 Å². The van der Waals surface area contributed by atoms with Crippen LogP contribution in [0.4, 0.5) is 0 Å². The third-order valence-electron chi connectivity index (χ3n) is 4.43. The summed E-state index contributed by atoms with van der Waals surface area (Å²) in [6.07, 6.45) is 1.43. The number of benzene rings is 1. The van der Waals surface area contributed by atoms with Crippen molar-refractivity contribution in [3.63, 3.8) is 0 Å². The van der Waals surface area contributed by atoms with E-state index >= 15 is 0 Å². The Hall–Kier alpha value is 0.112. The summed E-state index contributed by atoms with van der Waals surface area (Å²) in [6.45, 7) is 8.47. The smallest absolute Gasteiger partial charge is 0.234 e. The van der Waals surface area contributed by atoms with Crippen LogP contribution in [-0.2, 0) is 73.5 Å². The maximum absolute atomic E-state index is 13.0. The second-order valence-electron chi connectivity index (χ2n) is 5.80. The van der Waals surface area contributed by atoms with Crippen LogP contribution in [0.1, 0.15) is 44.7 Å². The van der Waals surface area contributed by atoms with Gasteiger partial charge < -0.3 is 28.3 Å². The minimum Gasteiger partial charge on any atom is -0.379 e. The first kappa shape index (κ1) is 24.1. The second-order valence-corrected chi connectivity index (χ2v) is 5.80. The number of hydrogen-bond acceptors (Lipinski definition) is 3. The standard InChI is InChI=1S/C16H17NO3.C2H6.W.Y/c1-11-6-3-4-7-12(11)15(2)13(18)16(17-14(15)19)8-5-9-20-10-16;1-2;;/h4,6H,5,8-10H2,1-2H3,(H,17,19);1-2H3;;/q-2;;;. The fourth-order valence-electron chi connectivity index (χ4n) is 3.29. The largest absolute Gasteiger partial charge is 0.379 e. The normalized spacial score (nSPS) is 28.2. The summed E-state index contributed by atoms with van der Waals surface area (Å²) in [5.74, 6) is -0.348. The summed E-state index contributed by atoms with van der Waals surface area (Å²) in [4.78, 5) is 25.5. The Morgan fingerprint density at radius 2 is 1.96 bits per heavy atom. The molecule has 2 heterocycles. The number of aryl methyl sites for hydroxylation is 1. The first-order valence-corrected chi connectivity index (χ1v) is 7.85. The van der Waals surface area contributed by atoms with Crippen LogP contribution in [0, 0.1) is 19.1 Å². The summed E-state index contributed by atoms with van der Waals surface area (Å²) in [7, 11) is 0. The molecule has 3 rings (SSSR count). The molecule has 2 fully saturated rings.